The van der Waals surface area contributed by atoms with E-state index in [-0.39, 0.29) is 11.8 Å². The van der Waals surface area contributed by atoms with Crippen molar-refractivity contribution < 1.29 is 9.21 Å². The van der Waals surface area contributed by atoms with Crippen molar-refractivity contribution in [1.82, 2.24) is 10.2 Å². The molecule has 1 aromatic heterocycles. The van der Waals surface area contributed by atoms with Gasteiger partial charge in [-0.1, -0.05) is 35.9 Å². The number of nitrogens with zero attached hydrogens (tertiary/aromatic N) is 2. The molecule has 0 aliphatic heterocycles. The summed E-state index contributed by atoms with van der Waals surface area (Å²) >= 11 is 5.92. The van der Waals surface area contributed by atoms with E-state index in [0.717, 1.165) is 5.56 Å². The van der Waals surface area contributed by atoms with Gasteiger partial charge in [0.15, 0.2) is 0 Å². The first kappa shape index (κ1) is 14.3. The summed E-state index contributed by atoms with van der Waals surface area (Å²) in [5, 5.41) is 11.0. The SMILES string of the molecule is Cc1ccccc1NC(=O)c1nnc(-c2cccc(Cl)c2)o1. The van der Waals surface area contributed by atoms with Crippen LogP contribution in [0.15, 0.2) is 52.9 Å². The van der Waals surface area contributed by atoms with Gasteiger partial charge < -0.3 is 9.73 Å². The molecule has 5 nitrogen and oxygen atoms in total. The third-order valence-electron chi connectivity index (χ3n) is 3.08. The molecule has 0 aliphatic carbocycles. The Hall–Kier alpha value is -2.66. The van der Waals surface area contributed by atoms with Gasteiger partial charge in [0.1, 0.15) is 0 Å². The van der Waals surface area contributed by atoms with E-state index in [2.05, 4.69) is 15.5 Å². The number of halogens is 1. The van der Waals surface area contributed by atoms with Crippen LogP contribution in [-0.2, 0) is 0 Å². The summed E-state index contributed by atoms with van der Waals surface area (Å²) in [6.45, 7) is 1.90. The molecule has 110 valence electrons. The van der Waals surface area contributed by atoms with Gasteiger partial charge in [0.05, 0.1) is 0 Å². The number of carbonyl (C=O) groups excluding carboxylic acids is 1. The smallest absolute Gasteiger partial charge is 0.313 e. The lowest BCUT2D eigenvalue weighted by Gasteiger charge is -2.05. The van der Waals surface area contributed by atoms with Gasteiger partial charge in [0.25, 0.3) is 0 Å². The monoisotopic (exact) mass is 313 g/mol. The predicted molar refractivity (Wildman–Crippen MR) is 83.9 cm³/mol. The molecule has 0 spiro atoms. The van der Waals surface area contributed by atoms with Crippen molar-refractivity contribution >= 4 is 23.2 Å². The summed E-state index contributed by atoms with van der Waals surface area (Å²) < 4.78 is 5.41. The molecule has 3 aromatic rings. The van der Waals surface area contributed by atoms with Gasteiger partial charge in [-0.15, -0.1) is 10.2 Å². The molecule has 0 radical (unpaired) electrons. The number of rotatable bonds is 3. The molecule has 0 fully saturated rings. The van der Waals surface area contributed by atoms with Gasteiger partial charge in [-0.3, -0.25) is 4.79 Å². The average Bonchev–Trinajstić information content (AvgIpc) is 2.99. The van der Waals surface area contributed by atoms with Crippen molar-refractivity contribution in [3.05, 3.63) is 65.0 Å². The molecule has 0 unspecified atom stereocenters. The highest BCUT2D eigenvalue weighted by Gasteiger charge is 2.16. The van der Waals surface area contributed by atoms with Gasteiger partial charge >= 0.3 is 11.8 Å². The lowest BCUT2D eigenvalue weighted by Crippen LogP contribution is -2.13. The van der Waals surface area contributed by atoms with Gasteiger partial charge in [-0.2, -0.15) is 0 Å². The summed E-state index contributed by atoms with van der Waals surface area (Å²) in [4.78, 5) is 12.1. The van der Waals surface area contributed by atoms with E-state index >= 15 is 0 Å². The molecule has 22 heavy (non-hydrogen) atoms. The fourth-order valence-electron chi connectivity index (χ4n) is 1.94. The first-order valence-corrected chi connectivity index (χ1v) is 6.98. The van der Waals surface area contributed by atoms with Crippen molar-refractivity contribution in [2.45, 2.75) is 6.92 Å². The Morgan fingerprint density at radius 3 is 2.73 bits per heavy atom. The zero-order valence-corrected chi connectivity index (χ0v) is 12.5. The molecule has 1 heterocycles. The Labute approximate surface area is 131 Å². The predicted octanol–water partition coefficient (Wildman–Crippen LogP) is 3.95. The van der Waals surface area contributed by atoms with E-state index in [1.54, 1.807) is 24.3 Å². The van der Waals surface area contributed by atoms with Crippen LogP contribution in [0.3, 0.4) is 0 Å². The zero-order chi connectivity index (χ0) is 15.5. The Bertz CT molecular complexity index is 830. The summed E-state index contributed by atoms with van der Waals surface area (Å²) in [5.41, 5.74) is 2.32. The van der Waals surface area contributed by atoms with Crippen LogP contribution in [0, 0.1) is 6.92 Å². The van der Waals surface area contributed by atoms with Crippen molar-refractivity contribution in [2.75, 3.05) is 5.32 Å². The molecule has 0 saturated carbocycles. The topological polar surface area (TPSA) is 68.0 Å². The van der Waals surface area contributed by atoms with Gasteiger partial charge in [0, 0.05) is 16.3 Å². The highest BCUT2D eigenvalue weighted by Crippen LogP contribution is 2.22. The molecule has 2 aromatic carbocycles. The van der Waals surface area contributed by atoms with Crippen molar-refractivity contribution in [1.29, 1.82) is 0 Å². The zero-order valence-electron chi connectivity index (χ0n) is 11.7. The Kier molecular flexibility index (Phi) is 3.89. The highest BCUT2D eigenvalue weighted by atomic mass is 35.5. The molecule has 3 rings (SSSR count). The number of benzene rings is 2. The van der Waals surface area contributed by atoms with Crippen molar-refractivity contribution in [2.24, 2.45) is 0 Å². The van der Waals surface area contributed by atoms with Crippen LogP contribution in [0.5, 0.6) is 0 Å². The largest absolute Gasteiger partial charge is 0.412 e. The molecular weight excluding hydrogens is 302 g/mol. The minimum atomic E-state index is -0.449. The number of aryl methyl sites for hydroxylation is 1. The molecule has 0 saturated heterocycles. The van der Waals surface area contributed by atoms with Gasteiger partial charge in [-0.05, 0) is 36.8 Å². The number of hydrogen-bond acceptors (Lipinski definition) is 4. The summed E-state index contributed by atoms with van der Waals surface area (Å²) in [5.74, 6) is -0.300. The van der Waals surface area contributed by atoms with E-state index in [0.29, 0.717) is 16.3 Å². The summed E-state index contributed by atoms with van der Waals surface area (Å²) in [7, 11) is 0. The molecular formula is C16H12ClN3O2. The fraction of sp³-hybridized carbons (Fsp3) is 0.0625. The first-order chi connectivity index (χ1) is 10.6. The average molecular weight is 314 g/mol. The second-order valence-corrected chi connectivity index (χ2v) is 5.13. The molecule has 6 heteroatoms. The second-order valence-electron chi connectivity index (χ2n) is 4.69. The Morgan fingerprint density at radius 2 is 1.95 bits per heavy atom. The maximum absolute atomic E-state index is 12.1. The van der Waals surface area contributed by atoms with Crippen LogP contribution < -0.4 is 5.32 Å². The van der Waals surface area contributed by atoms with Crippen LogP contribution in [0.1, 0.15) is 16.2 Å². The van der Waals surface area contributed by atoms with E-state index in [4.69, 9.17) is 16.0 Å². The van der Waals surface area contributed by atoms with E-state index in [1.165, 1.54) is 0 Å². The highest BCUT2D eigenvalue weighted by molar-refractivity contribution is 6.30. The molecule has 1 N–H and O–H groups in total. The number of amides is 1. The van der Waals surface area contributed by atoms with Crippen molar-refractivity contribution in [3.63, 3.8) is 0 Å². The number of aromatic nitrogens is 2. The van der Waals surface area contributed by atoms with Crippen LogP contribution in [0.2, 0.25) is 5.02 Å². The normalized spacial score (nSPS) is 10.5. The maximum atomic E-state index is 12.1. The van der Waals surface area contributed by atoms with Crippen LogP contribution in [0.25, 0.3) is 11.5 Å². The molecule has 0 atom stereocenters. The Balaban J connectivity index is 1.82. The molecule has 0 aliphatic rings. The number of nitrogens with one attached hydrogen (secondary N) is 1. The molecule has 1 amide bonds. The van der Waals surface area contributed by atoms with Crippen LogP contribution >= 0.6 is 11.6 Å². The summed E-state index contributed by atoms with van der Waals surface area (Å²) in [6.07, 6.45) is 0. The fourth-order valence-corrected chi connectivity index (χ4v) is 2.13. The lowest BCUT2D eigenvalue weighted by molar-refractivity contribution is 0.0990. The van der Waals surface area contributed by atoms with Crippen LogP contribution in [0.4, 0.5) is 5.69 Å². The summed E-state index contributed by atoms with van der Waals surface area (Å²) in [6, 6.07) is 14.4. The van der Waals surface area contributed by atoms with E-state index < -0.39 is 5.91 Å². The minimum Gasteiger partial charge on any atom is -0.412 e. The maximum Gasteiger partial charge on any atom is 0.313 e. The van der Waals surface area contributed by atoms with Gasteiger partial charge in [-0.25, -0.2) is 0 Å². The molecule has 0 bridgehead atoms. The van der Waals surface area contributed by atoms with E-state index in [9.17, 15) is 4.79 Å². The standard InChI is InChI=1S/C16H12ClN3O2/c1-10-5-2-3-8-13(10)18-14(21)16-20-19-15(22-16)11-6-4-7-12(17)9-11/h2-9H,1H3,(H,18,21). The number of para-hydroxylation sites is 1. The first-order valence-electron chi connectivity index (χ1n) is 6.60. The number of anilines is 1. The third kappa shape index (κ3) is 2.99. The number of carbonyl (C=O) groups is 1. The second kappa shape index (κ2) is 5.99. The lowest BCUT2D eigenvalue weighted by atomic mass is 10.2. The van der Waals surface area contributed by atoms with Crippen molar-refractivity contribution in [3.8, 4) is 11.5 Å². The quantitative estimate of drug-likeness (QED) is 0.795. The van der Waals surface area contributed by atoms with Gasteiger partial charge in [0.2, 0.25) is 5.89 Å². The third-order valence-corrected chi connectivity index (χ3v) is 3.32. The van der Waals surface area contributed by atoms with Crippen LogP contribution in [-0.4, -0.2) is 16.1 Å². The Morgan fingerprint density at radius 1 is 1.14 bits per heavy atom. The number of hydrogen-bond donors (Lipinski definition) is 1. The minimum absolute atomic E-state index is 0.0989. The van der Waals surface area contributed by atoms with E-state index in [1.807, 2.05) is 31.2 Å².